The summed E-state index contributed by atoms with van der Waals surface area (Å²) in [4.78, 5) is 37.3. The first-order valence-electron chi connectivity index (χ1n) is 11.9. The summed E-state index contributed by atoms with van der Waals surface area (Å²) in [6.45, 7) is 7.28. The molecule has 1 heterocycles. The maximum Gasteiger partial charge on any atom is 0.333 e. The van der Waals surface area contributed by atoms with Gasteiger partial charge >= 0.3 is 13.6 Å². The largest absolute Gasteiger partial charge is 0.467 e. The zero-order valence-electron chi connectivity index (χ0n) is 22.5. The Morgan fingerprint density at radius 3 is 2.19 bits per heavy atom. The van der Waals surface area contributed by atoms with E-state index in [2.05, 4.69) is 4.74 Å². The third-order valence-electron chi connectivity index (χ3n) is 5.44. The van der Waals surface area contributed by atoms with E-state index in [0.29, 0.717) is 0 Å². The van der Waals surface area contributed by atoms with Crippen LogP contribution < -0.4 is 0 Å². The van der Waals surface area contributed by atoms with E-state index in [1.165, 1.54) is 41.2 Å². The number of ketones is 1. The van der Waals surface area contributed by atoms with Gasteiger partial charge in [-0.15, -0.1) is 0 Å². The number of amides is 1. The van der Waals surface area contributed by atoms with Gasteiger partial charge in [0.2, 0.25) is 5.91 Å². The number of aliphatic hydroxyl groups is 1. The molecule has 0 aromatic rings. The molecule has 13 nitrogen and oxygen atoms in total. The Morgan fingerprint density at radius 1 is 1.08 bits per heavy atom. The molecule has 0 spiro atoms. The third kappa shape index (κ3) is 10.2. The molecule has 1 amide bonds. The molecule has 1 N–H and O–H groups in total. The molecule has 0 aliphatic carbocycles. The highest BCUT2D eigenvalue weighted by molar-refractivity contribution is 7.53. The van der Waals surface area contributed by atoms with Crippen molar-refractivity contribution in [3.8, 4) is 0 Å². The van der Waals surface area contributed by atoms with Crippen molar-refractivity contribution in [2.24, 2.45) is 0 Å². The topological polar surface area (TPSA) is 156 Å². The van der Waals surface area contributed by atoms with Crippen molar-refractivity contribution < 1.29 is 56.8 Å². The highest BCUT2D eigenvalue weighted by Crippen LogP contribution is 2.50. The standard InChI is InChI=1S/C23H40NO12P/c1-8-34-37(29,35-9-2)14-18(33-13-19(27)31-7)21-20(28)22(32-11-10-30-6)23(36-21)24(17(5)26)12-15(3)16(4)25/h12,18,20-23,28H,8-11,13-14H2,1-7H3/b15-12-/t18-,20+,21+,22+,23+/m0/s1. The summed E-state index contributed by atoms with van der Waals surface area (Å²) >= 11 is 0. The summed E-state index contributed by atoms with van der Waals surface area (Å²) in [6, 6.07) is 0. The highest BCUT2D eigenvalue weighted by Gasteiger charge is 2.52. The molecule has 1 rings (SSSR count). The van der Waals surface area contributed by atoms with Crippen molar-refractivity contribution >= 4 is 25.3 Å². The minimum Gasteiger partial charge on any atom is -0.467 e. The second-order valence-corrected chi connectivity index (χ2v) is 10.3. The number of aliphatic hydroxyl groups excluding tert-OH is 1. The van der Waals surface area contributed by atoms with Gasteiger partial charge in [-0.25, -0.2) is 4.79 Å². The Kier molecular flexibility index (Phi) is 14.7. The van der Waals surface area contributed by atoms with E-state index >= 15 is 0 Å². The van der Waals surface area contributed by atoms with Crippen LogP contribution >= 0.6 is 7.60 Å². The third-order valence-corrected chi connectivity index (χ3v) is 7.55. The summed E-state index contributed by atoms with van der Waals surface area (Å²) in [5.74, 6) is -1.47. The molecule has 0 aromatic heterocycles. The van der Waals surface area contributed by atoms with Gasteiger partial charge in [-0.05, 0) is 27.7 Å². The van der Waals surface area contributed by atoms with Gasteiger partial charge in [0.25, 0.3) is 0 Å². The first kappa shape index (κ1) is 33.3. The molecule has 214 valence electrons. The van der Waals surface area contributed by atoms with Gasteiger partial charge < -0.3 is 37.8 Å². The summed E-state index contributed by atoms with van der Waals surface area (Å²) in [5, 5.41) is 11.3. The fourth-order valence-corrected chi connectivity index (χ4v) is 5.37. The molecule has 0 radical (unpaired) electrons. The normalized spacial score (nSPS) is 23.1. The molecule has 0 saturated carbocycles. The van der Waals surface area contributed by atoms with E-state index in [-0.39, 0.29) is 43.9 Å². The second kappa shape index (κ2) is 16.3. The quantitative estimate of drug-likeness (QED) is 0.119. The van der Waals surface area contributed by atoms with Crippen LogP contribution in [0.15, 0.2) is 11.8 Å². The SMILES string of the molecule is CCOP(=O)(C[C@H](OCC(=O)OC)[C@H]1O[C@@H](N(/C=C(/C)C(C)=O)C(C)=O)[C@H](OCCOC)[C@@H]1O)OCC. The Hall–Kier alpha value is -1.70. The molecule has 5 atom stereocenters. The molecule has 1 fully saturated rings. The van der Waals surface area contributed by atoms with Crippen LogP contribution in [-0.4, -0.2) is 112 Å². The first-order valence-corrected chi connectivity index (χ1v) is 13.7. The van der Waals surface area contributed by atoms with Crippen LogP contribution in [0.25, 0.3) is 0 Å². The average Bonchev–Trinajstić information content (AvgIpc) is 3.15. The van der Waals surface area contributed by atoms with Gasteiger partial charge in [-0.3, -0.25) is 19.1 Å². The maximum absolute atomic E-state index is 13.3. The van der Waals surface area contributed by atoms with E-state index in [1.54, 1.807) is 13.8 Å². The molecule has 37 heavy (non-hydrogen) atoms. The number of carbonyl (C=O) groups excluding carboxylic acids is 3. The Labute approximate surface area is 217 Å². The van der Waals surface area contributed by atoms with Gasteiger partial charge in [0.05, 0.1) is 45.8 Å². The molecule has 1 saturated heterocycles. The number of rotatable bonds is 17. The van der Waals surface area contributed by atoms with Crippen LogP contribution in [0.2, 0.25) is 0 Å². The van der Waals surface area contributed by atoms with Crippen LogP contribution in [-0.2, 0) is 51.7 Å². The molecule has 0 aromatic carbocycles. The van der Waals surface area contributed by atoms with Gasteiger partial charge in [0, 0.05) is 25.8 Å². The number of Topliss-reactive ketones (excluding diaryl/α,β-unsaturated/α-hetero) is 1. The molecule has 1 aliphatic heterocycles. The van der Waals surface area contributed by atoms with E-state index in [0.717, 1.165) is 4.90 Å². The number of carbonyl (C=O) groups is 3. The van der Waals surface area contributed by atoms with Crippen molar-refractivity contribution in [3.05, 3.63) is 11.8 Å². The minimum absolute atomic E-state index is 0.0516. The summed E-state index contributed by atoms with van der Waals surface area (Å²) in [7, 11) is -1.08. The summed E-state index contributed by atoms with van der Waals surface area (Å²) < 4.78 is 51.2. The molecular weight excluding hydrogens is 513 g/mol. The van der Waals surface area contributed by atoms with Crippen molar-refractivity contribution in [2.45, 2.75) is 65.3 Å². The first-order chi connectivity index (χ1) is 17.4. The van der Waals surface area contributed by atoms with Crippen molar-refractivity contribution in [1.29, 1.82) is 0 Å². The summed E-state index contributed by atoms with van der Waals surface area (Å²) in [5.41, 5.74) is 0.267. The van der Waals surface area contributed by atoms with Gasteiger partial charge in [0.1, 0.15) is 24.9 Å². The van der Waals surface area contributed by atoms with Crippen LogP contribution in [0.3, 0.4) is 0 Å². The van der Waals surface area contributed by atoms with E-state index in [1.807, 2.05) is 0 Å². The monoisotopic (exact) mass is 553 g/mol. The number of methoxy groups -OCH3 is 2. The predicted octanol–water partition coefficient (Wildman–Crippen LogP) is 1.27. The number of ether oxygens (including phenoxy) is 5. The lowest BCUT2D eigenvalue weighted by Crippen LogP contribution is -2.46. The molecule has 14 heteroatoms. The van der Waals surface area contributed by atoms with Gasteiger partial charge in [-0.2, -0.15) is 0 Å². The van der Waals surface area contributed by atoms with Gasteiger partial charge in [-0.1, -0.05) is 0 Å². The highest BCUT2D eigenvalue weighted by atomic mass is 31.2. The Balaban J connectivity index is 3.44. The number of nitrogens with zero attached hydrogens (tertiary/aromatic N) is 1. The lowest BCUT2D eigenvalue weighted by atomic mass is 10.1. The molecule has 0 bridgehead atoms. The smallest absolute Gasteiger partial charge is 0.333 e. The number of hydrogen-bond donors (Lipinski definition) is 1. The van der Waals surface area contributed by atoms with E-state index < -0.39 is 56.7 Å². The zero-order chi connectivity index (χ0) is 28.2. The Morgan fingerprint density at radius 2 is 1.70 bits per heavy atom. The predicted molar refractivity (Wildman–Crippen MR) is 131 cm³/mol. The number of allylic oxidation sites excluding steroid dienone is 1. The fourth-order valence-electron chi connectivity index (χ4n) is 3.54. The maximum atomic E-state index is 13.3. The van der Waals surface area contributed by atoms with Crippen molar-refractivity contribution in [1.82, 2.24) is 4.90 Å². The second-order valence-electron chi connectivity index (χ2n) is 8.16. The van der Waals surface area contributed by atoms with Crippen molar-refractivity contribution in [3.63, 3.8) is 0 Å². The minimum atomic E-state index is -3.73. The fraction of sp³-hybridized carbons (Fsp3) is 0.783. The number of esters is 1. The average molecular weight is 554 g/mol. The van der Waals surface area contributed by atoms with Crippen molar-refractivity contribution in [2.75, 3.05) is 53.4 Å². The zero-order valence-corrected chi connectivity index (χ0v) is 23.4. The number of hydrogen-bond acceptors (Lipinski definition) is 12. The van der Waals surface area contributed by atoms with Gasteiger partial charge in [0.15, 0.2) is 12.0 Å². The van der Waals surface area contributed by atoms with Crippen LogP contribution in [0.4, 0.5) is 0 Å². The van der Waals surface area contributed by atoms with E-state index in [4.69, 9.17) is 28.0 Å². The van der Waals surface area contributed by atoms with Crippen LogP contribution in [0.5, 0.6) is 0 Å². The van der Waals surface area contributed by atoms with E-state index in [9.17, 15) is 24.1 Å². The molecular formula is C23H40NO12P. The summed E-state index contributed by atoms with van der Waals surface area (Å²) in [6.07, 6.45) is -5.18. The van der Waals surface area contributed by atoms with Crippen LogP contribution in [0, 0.1) is 0 Å². The Bertz CT molecular complexity index is 825. The molecule has 1 aliphatic rings. The molecule has 0 unspecified atom stereocenters. The lowest BCUT2D eigenvalue weighted by Gasteiger charge is -2.30. The van der Waals surface area contributed by atoms with Crippen LogP contribution in [0.1, 0.15) is 34.6 Å². The lowest BCUT2D eigenvalue weighted by molar-refractivity contribution is -0.158.